The van der Waals surface area contributed by atoms with Gasteiger partial charge in [-0.05, 0) is 24.7 Å². The van der Waals surface area contributed by atoms with Crippen molar-refractivity contribution >= 4 is 6.29 Å². The molecule has 0 amide bonds. The molecule has 0 saturated heterocycles. The van der Waals surface area contributed by atoms with Gasteiger partial charge in [0.1, 0.15) is 6.29 Å². The first-order chi connectivity index (χ1) is 7.22. The first kappa shape index (κ1) is 10.4. The fourth-order valence-corrected chi connectivity index (χ4v) is 2.25. The van der Waals surface area contributed by atoms with E-state index in [9.17, 15) is 4.79 Å². The molecule has 1 heterocycles. The third-order valence-corrected chi connectivity index (χ3v) is 3.52. The molecule has 0 radical (unpaired) electrons. The molecule has 3 heteroatoms. The highest BCUT2D eigenvalue weighted by Gasteiger charge is 2.25. The quantitative estimate of drug-likeness (QED) is 0.707. The van der Waals surface area contributed by atoms with E-state index in [0.717, 1.165) is 37.5 Å². The summed E-state index contributed by atoms with van der Waals surface area (Å²) in [6, 6.07) is 0. The second kappa shape index (κ2) is 4.17. The summed E-state index contributed by atoms with van der Waals surface area (Å²) in [6.07, 6.45) is 5.65. The number of aromatic nitrogens is 2. The van der Waals surface area contributed by atoms with Crippen LogP contribution < -0.4 is 0 Å². The Kier molecular flexibility index (Phi) is 2.89. The number of fused-ring (bicyclic) bond motifs is 1. The van der Waals surface area contributed by atoms with E-state index < -0.39 is 0 Å². The highest BCUT2D eigenvalue weighted by molar-refractivity contribution is 5.49. The molecule has 1 aromatic heterocycles. The average molecular weight is 206 g/mol. The van der Waals surface area contributed by atoms with E-state index in [4.69, 9.17) is 0 Å². The van der Waals surface area contributed by atoms with Crippen molar-refractivity contribution < 1.29 is 4.79 Å². The van der Waals surface area contributed by atoms with Gasteiger partial charge in [0.15, 0.2) is 0 Å². The molecule has 0 aromatic carbocycles. The Labute approximate surface area is 90.5 Å². The number of aldehydes is 1. The van der Waals surface area contributed by atoms with Crippen molar-refractivity contribution in [2.45, 2.75) is 39.7 Å². The van der Waals surface area contributed by atoms with E-state index in [2.05, 4.69) is 23.4 Å². The van der Waals surface area contributed by atoms with Gasteiger partial charge in [0.2, 0.25) is 0 Å². The number of carbonyl (C=O) groups excluding carboxylic acids is 1. The number of imidazole rings is 1. The first-order valence-corrected chi connectivity index (χ1v) is 5.69. The zero-order valence-electron chi connectivity index (χ0n) is 9.44. The Morgan fingerprint density at radius 1 is 1.47 bits per heavy atom. The van der Waals surface area contributed by atoms with E-state index in [1.54, 1.807) is 0 Å². The Balaban J connectivity index is 2.19. The van der Waals surface area contributed by atoms with Crippen molar-refractivity contribution in [3.05, 3.63) is 17.7 Å². The summed E-state index contributed by atoms with van der Waals surface area (Å²) in [5.41, 5.74) is 2.59. The smallest absolute Gasteiger partial charge is 0.121 e. The fraction of sp³-hybridized carbons (Fsp3) is 0.667. The summed E-state index contributed by atoms with van der Waals surface area (Å²) in [5, 5.41) is 0. The number of hydrogen-bond donors (Lipinski definition) is 0. The van der Waals surface area contributed by atoms with E-state index in [1.165, 1.54) is 11.4 Å². The molecule has 1 aromatic rings. The highest BCUT2D eigenvalue weighted by atomic mass is 16.1. The largest absolute Gasteiger partial charge is 0.334 e. The Morgan fingerprint density at radius 2 is 2.20 bits per heavy atom. The number of nitrogens with zero attached hydrogens (tertiary/aromatic N) is 2. The van der Waals surface area contributed by atoms with Crippen LogP contribution in [0.1, 0.15) is 31.7 Å². The van der Waals surface area contributed by atoms with Crippen LogP contribution in [-0.2, 0) is 24.2 Å². The van der Waals surface area contributed by atoms with Gasteiger partial charge in [-0.2, -0.15) is 0 Å². The topological polar surface area (TPSA) is 34.9 Å². The van der Waals surface area contributed by atoms with Gasteiger partial charge in [0.25, 0.3) is 0 Å². The molecule has 2 rings (SSSR count). The summed E-state index contributed by atoms with van der Waals surface area (Å²) >= 11 is 0. The highest BCUT2D eigenvalue weighted by Crippen LogP contribution is 2.28. The summed E-state index contributed by atoms with van der Waals surface area (Å²) in [7, 11) is 0. The Hall–Kier alpha value is -1.12. The van der Waals surface area contributed by atoms with Crippen LogP contribution in [0, 0.1) is 11.8 Å². The number of carbonyl (C=O) groups is 1. The van der Waals surface area contributed by atoms with E-state index >= 15 is 0 Å². The second-order valence-corrected chi connectivity index (χ2v) is 4.65. The van der Waals surface area contributed by atoms with Crippen LogP contribution in [0.2, 0.25) is 0 Å². The molecular weight excluding hydrogens is 188 g/mol. The zero-order valence-corrected chi connectivity index (χ0v) is 9.44. The Morgan fingerprint density at radius 3 is 2.93 bits per heavy atom. The normalized spacial score (nSPS) is 24.9. The molecule has 0 N–H and O–H groups in total. The molecule has 1 aliphatic rings. The fourth-order valence-electron chi connectivity index (χ4n) is 2.25. The van der Waals surface area contributed by atoms with Crippen molar-refractivity contribution in [2.24, 2.45) is 11.8 Å². The molecule has 1 aliphatic carbocycles. The molecule has 82 valence electrons. The van der Waals surface area contributed by atoms with Gasteiger partial charge in [0.05, 0.1) is 12.0 Å². The summed E-state index contributed by atoms with van der Waals surface area (Å²) in [5.74, 6) is 1.45. The summed E-state index contributed by atoms with van der Waals surface area (Å²) in [6.45, 7) is 5.37. The van der Waals surface area contributed by atoms with Gasteiger partial charge >= 0.3 is 0 Å². The second-order valence-electron chi connectivity index (χ2n) is 4.65. The first-order valence-electron chi connectivity index (χ1n) is 5.69. The molecule has 0 fully saturated rings. The number of rotatable bonds is 3. The minimum absolute atomic E-state index is 0.590. The van der Waals surface area contributed by atoms with Crippen molar-refractivity contribution in [3.63, 3.8) is 0 Å². The third-order valence-electron chi connectivity index (χ3n) is 3.52. The van der Waals surface area contributed by atoms with Gasteiger partial charge in [-0.3, -0.25) is 0 Å². The lowest BCUT2D eigenvalue weighted by molar-refractivity contribution is -0.108. The molecule has 15 heavy (non-hydrogen) atoms. The van der Waals surface area contributed by atoms with Crippen LogP contribution in [-0.4, -0.2) is 15.8 Å². The van der Waals surface area contributed by atoms with Crippen LogP contribution in [0.25, 0.3) is 0 Å². The SMILES string of the molecule is CC1Cc2ncn(CCC=O)c2CC1C. The van der Waals surface area contributed by atoms with Gasteiger partial charge in [0, 0.05) is 18.7 Å². The predicted octanol–water partition coefficient (Wildman–Crippen LogP) is 1.84. The van der Waals surface area contributed by atoms with E-state index in [0.29, 0.717) is 6.42 Å². The third kappa shape index (κ3) is 1.96. The van der Waals surface area contributed by atoms with Crippen LogP contribution in [0.3, 0.4) is 0 Å². The number of aryl methyl sites for hydroxylation is 1. The van der Waals surface area contributed by atoms with Gasteiger partial charge in [-0.15, -0.1) is 0 Å². The molecule has 3 nitrogen and oxygen atoms in total. The minimum atomic E-state index is 0.590. The molecule has 0 spiro atoms. The molecule has 0 aliphatic heterocycles. The molecule has 0 bridgehead atoms. The van der Waals surface area contributed by atoms with Gasteiger partial charge in [-0.1, -0.05) is 13.8 Å². The molecule has 2 atom stereocenters. The molecule has 0 saturated carbocycles. The van der Waals surface area contributed by atoms with Crippen LogP contribution >= 0.6 is 0 Å². The van der Waals surface area contributed by atoms with Crippen molar-refractivity contribution in [2.75, 3.05) is 0 Å². The van der Waals surface area contributed by atoms with E-state index in [1.807, 2.05) is 6.33 Å². The van der Waals surface area contributed by atoms with E-state index in [-0.39, 0.29) is 0 Å². The maximum Gasteiger partial charge on any atom is 0.121 e. The predicted molar refractivity (Wildman–Crippen MR) is 58.6 cm³/mol. The van der Waals surface area contributed by atoms with Crippen molar-refractivity contribution in [1.82, 2.24) is 9.55 Å². The molecular formula is C12H18N2O. The lowest BCUT2D eigenvalue weighted by Crippen LogP contribution is -2.22. The lowest BCUT2D eigenvalue weighted by atomic mass is 9.82. The van der Waals surface area contributed by atoms with Crippen molar-refractivity contribution in [1.29, 1.82) is 0 Å². The lowest BCUT2D eigenvalue weighted by Gasteiger charge is -2.26. The number of hydrogen-bond acceptors (Lipinski definition) is 2. The maximum atomic E-state index is 10.4. The standard InChI is InChI=1S/C12H18N2O/c1-9-6-11-12(7-10(9)2)14(8-13-11)4-3-5-15/h5,8-10H,3-4,6-7H2,1-2H3. The monoisotopic (exact) mass is 206 g/mol. The van der Waals surface area contributed by atoms with Gasteiger partial charge < -0.3 is 9.36 Å². The zero-order chi connectivity index (χ0) is 10.8. The van der Waals surface area contributed by atoms with Crippen LogP contribution in [0.15, 0.2) is 6.33 Å². The minimum Gasteiger partial charge on any atom is -0.334 e. The summed E-state index contributed by atoms with van der Waals surface area (Å²) < 4.78 is 2.14. The van der Waals surface area contributed by atoms with Crippen LogP contribution in [0.5, 0.6) is 0 Å². The van der Waals surface area contributed by atoms with Crippen LogP contribution in [0.4, 0.5) is 0 Å². The maximum absolute atomic E-state index is 10.4. The average Bonchev–Trinajstić information content (AvgIpc) is 2.59. The Bertz CT molecular complexity index is 357. The van der Waals surface area contributed by atoms with Crippen molar-refractivity contribution in [3.8, 4) is 0 Å². The summed E-state index contributed by atoms with van der Waals surface area (Å²) in [4.78, 5) is 14.8. The molecule has 2 unspecified atom stereocenters. The van der Waals surface area contributed by atoms with Gasteiger partial charge in [-0.25, -0.2) is 4.98 Å².